The maximum atomic E-state index is 12.0. The van der Waals surface area contributed by atoms with Crippen molar-refractivity contribution in [3.8, 4) is 11.3 Å². The van der Waals surface area contributed by atoms with Crippen LogP contribution >= 0.6 is 24.0 Å². The van der Waals surface area contributed by atoms with Crippen molar-refractivity contribution < 1.29 is 4.79 Å². The maximum absolute atomic E-state index is 12.0. The van der Waals surface area contributed by atoms with Crippen LogP contribution < -0.4 is 5.32 Å². The molecule has 0 bridgehead atoms. The van der Waals surface area contributed by atoms with Gasteiger partial charge in [0.25, 0.3) is 5.91 Å². The molecule has 0 saturated carbocycles. The Labute approximate surface area is 190 Å². The Morgan fingerprint density at radius 3 is 2.61 bits per heavy atom. The molecule has 5 rings (SSSR count). The summed E-state index contributed by atoms with van der Waals surface area (Å²) in [4.78, 5) is 22.0. The van der Waals surface area contributed by atoms with Gasteiger partial charge in [-0.3, -0.25) is 14.1 Å². The normalized spacial score (nSPS) is 19.5. The standard InChI is InChI=1S/C23H23N5OS2/c1-26-8-10-27(11-9-26)14-16-2-5-18(6-3-16)19-13-24-21-7-4-17(15-28(19)21)12-20-22(29)25-23(30)31-20/h2-7,12-13,15H,8-11,14H2,1H3,(H,25,29,30)/b20-12-. The molecule has 3 aromatic rings. The highest BCUT2D eigenvalue weighted by Gasteiger charge is 2.22. The molecule has 158 valence electrons. The third-order valence-electron chi connectivity index (χ3n) is 5.72. The minimum atomic E-state index is -0.142. The van der Waals surface area contributed by atoms with Crippen molar-refractivity contribution in [1.29, 1.82) is 0 Å². The Balaban J connectivity index is 1.38. The van der Waals surface area contributed by atoms with E-state index in [4.69, 9.17) is 12.2 Å². The average Bonchev–Trinajstić information content (AvgIpc) is 3.32. The summed E-state index contributed by atoms with van der Waals surface area (Å²) in [6, 6.07) is 12.7. The van der Waals surface area contributed by atoms with Gasteiger partial charge in [-0.25, -0.2) is 4.98 Å². The molecule has 2 aliphatic rings. The minimum Gasteiger partial charge on any atom is -0.307 e. The quantitative estimate of drug-likeness (QED) is 0.488. The average molecular weight is 450 g/mol. The van der Waals surface area contributed by atoms with Crippen LogP contribution in [0.2, 0.25) is 0 Å². The molecule has 0 unspecified atom stereocenters. The molecule has 0 aliphatic carbocycles. The van der Waals surface area contributed by atoms with Crippen molar-refractivity contribution >= 4 is 45.9 Å². The molecule has 2 aromatic heterocycles. The summed E-state index contributed by atoms with van der Waals surface area (Å²) in [6.45, 7) is 5.48. The van der Waals surface area contributed by atoms with E-state index in [9.17, 15) is 4.79 Å². The number of hydrogen-bond donors (Lipinski definition) is 1. The van der Waals surface area contributed by atoms with Crippen LogP contribution in [0.1, 0.15) is 11.1 Å². The molecule has 0 spiro atoms. The van der Waals surface area contributed by atoms with Gasteiger partial charge in [-0.05, 0) is 36.4 Å². The highest BCUT2D eigenvalue weighted by molar-refractivity contribution is 8.26. The Kier molecular flexibility index (Phi) is 5.62. The largest absolute Gasteiger partial charge is 0.307 e. The molecule has 6 nitrogen and oxygen atoms in total. The van der Waals surface area contributed by atoms with Gasteiger partial charge in [0.15, 0.2) is 0 Å². The third-order valence-corrected chi connectivity index (χ3v) is 6.88. The van der Waals surface area contributed by atoms with E-state index in [1.165, 1.54) is 17.3 Å². The SMILES string of the molecule is CN1CCN(Cc2ccc(-c3cnc4ccc(/C=C5\SC(=S)NC5=O)cn34)cc2)CC1. The molecule has 2 aliphatic heterocycles. The zero-order valence-electron chi connectivity index (χ0n) is 17.2. The van der Waals surface area contributed by atoms with E-state index >= 15 is 0 Å². The highest BCUT2D eigenvalue weighted by Crippen LogP contribution is 2.27. The zero-order valence-corrected chi connectivity index (χ0v) is 18.9. The Morgan fingerprint density at radius 1 is 1.13 bits per heavy atom. The van der Waals surface area contributed by atoms with E-state index in [2.05, 4.69) is 55.8 Å². The Bertz CT molecular complexity index is 1180. The number of nitrogens with zero attached hydrogens (tertiary/aromatic N) is 4. The monoisotopic (exact) mass is 449 g/mol. The van der Waals surface area contributed by atoms with Gasteiger partial charge in [0, 0.05) is 44.5 Å². The van der Waals surface area contributed by atoms with Gasteiger partial charge in [-0.1, -0.05) is 48.2 Å². The lowest BCUT2D eigenvalue weighted by atomic mass is 10.1. The van der Waals surface area contributed by atoms with Crippen LogP contribution in [0.25, 0.3) is 23.0 Å². The van der Waals surface area contributed by atoms with Crippen LogP contribution in [0.5, 0.6) is 0 Å². The highest BCUT2D eigenvalue weighted by atomic mass is 32.2. The number of carbonyl (C=O) groups is 1. The number of likely N-dealkylation sites (N-methyl/N-ethyl adjacent to an activating group) is 1. The van der Waals surface area contributed by atoms with Crippen LogP contribution in [0.15, 0.2) is 53.7 Å². The Morgan fingerprint density at radius 2 is 1.90 bits per heavy atom. The van der Waals surface area contributed by atoms with E-state index in [1.54, 1.807) is 0 Å². The van der Waals surface area contributed by atoms with E-state index in [1.807, 2.05) is 30.6 Å². The van der Waals surface area contributed by atoms with E-state index < -0.39 is 0 Å². The molecule has 1 amide bonds. The number of aromatic nitrogens is 2. The number of rotatable bonds is 4. The molecule has 8 heteroatoms. The molecule has 4 heterocycles. The van der Waals surface area contributed by atoms with Crippen LogP contribution in [0.3, 0.4) is 0 Å². The molecular formula is C23H23N5OS2. The van der Waals surface area contributed by atoms with Gasteiger partial charge in [-0.2, -0.15) is 0 Å². The van der Waals surface area contributed by atoms with Gasteiger partial charge >= 0.3 is 0 Å². The first kappa shape index (κ1) is 20.4. The predicted molar refractivity (Wildman–Crippen MR) is 130 cm³/mol. The van der Waals surface area contributed by atoms with Gasteiger partial charge in [0.05, 0.1) is 16.8 Å². The lowest BCUT2D eigenvalue weighted by molar-refractivity contribution is -0.115. The first-order valence-electron chi connectivity index (χ1n) is 10.3. The number of pyridine rings is 1. The lowest BCUT2D eigenvalue weighted by Gasteiger charge is -2.32. The van der Waals surface area contributed by atoms with Crippen molar-refractivity contribution in [1.82, 2.24) is 24.5 Å². The fraction of sp³-hybridized carbons (Fsp3) is 0.261. The summed E-state index contributed by atoms with van der Waals surface area (Å²) in [5.74, 6) is -0.142. The van der Waals surface area contributed by atoms with Crippen LogP contribution in [-0.4, -0.2) is 62.6 Å². The number of benzene rings is 1. The van der Waals surface area contributed by atoms with Crippen LogP contribution in [-0.2, 0) is 11.3 Å². The number of amides is 1. The van der Waals surface area contributed by atoms with Gasteiger partial charge in [0.2, 0.25) is 0 Å². The molecule has 1 aromatic carbocycles. The summed E-state index contributed by atoms with van der Waals surface area (Å²) < 4.78 is 2.56. The van der Waals surface area contributed by atoms with E-state index in [0.717, 1.165) is 55.2 Å². The first-order valence-corrected chi connectivity index (χ1v) is 11.5. The zero-order chi connectivity index (χ0) is 21.4. The smallest absolute Gasteiger partial charge is 0.263 e. The summed E-state index contributed by atoms with van der Waals surface area (Å²) in [5.41, 5.74) is 5.28. The molecular weight excluding hydrogens is 426 g/mol. The molecule has 1 N–H and O–H groups in total. The number of carbonyl (C=O) groups excluding carboxylic acids is 1. The van der Waals surface area contributed by atoms with Crippen LogP contribution in [0.4, 0.5) is 0 Å². The fourth-order valence-corrected chi connectivity index (χ4v) is 4.96. The number of thioether (sulfide) groups is 1. The first-order chi connectivity index (χ1) is 15.0. The molecule has 0 radical (unpaired) electrons. The lowest BCUT2D eigenvalue weighted by Crippen LogP contribution is -2.43. The van der Waals surface area contributed by atoms with E-state index in [0.29, 0.717) is 9.23 Å². The fourth-order valence-electron chi connectivity index (χ4n) is 3.91. The number of imidazole rings is 1. The summed E-state index contributed by atoms with van der Waals surface area (Å²) in [5, 5.41) is 2.66. The summed E-state index contributed by atoms with van der Waals surface area (Å²) in [7, 11) is 2.18. The van der Waals surface area contributed by atoms with E-state index in [-0.39, 0.29) is 5.91 Å². The number of fused-ring (bicyclic) bond motifs is 1. The van der Waals surface area contributed by atoms with Crippen molar-refractivity contribution in [2.45, 2.75) is 6.54 Å². The number of piperazine rings is 1. The minimum absolute atomic E-state index is 0.142. The summed E-state index contributed by atoms with van der Waals surface area (Å²) in [6.07, 6.45) is 5.77. The molecule has 0 atom stereocenters. The number of thiocarbonyl (C=S) groups is 1. The number of hydrogen-bond acceptors (Lipinski definition) is 6. The second-order valence-electron chi connectivity index (χ2n) is 7.96. The van der Waals surface area contributed by atoms with Gasteiger partial charge in [-0.15, -0.1) is 0 Å². The molecule has 2 saturated heterocycles. The predicted octanol–water partition coefficient (Wildman–Crippen LogP) is 3.24. The van der Waals surface area contributed by atoms with Crippen molar-refractivity contribution in [3.05, 3.63) is 64.8 Å². The second kappa shape index (κ2) is 8.55. The topological polar surface area (TPSA) is 52.9 Å². The number of nitrogens with one attached hydrogen (secondary N) is 1. The van der Waals surface area contributed by atoms with Crippen LogP contribution in [0, 0.1) is 0 Å². The van der Waals surface area contributed by atoms with Crippen molar-refractivity contribution in [2.24, 2.45) is 0 Å². The van der Waals surface area contributed by atoms with Crippen molar-refractivity contribution in [2.75, 3.05) is 33.2 Å². The maximum Gasteiger partial charge on any atom is 0.263 e. The Hall–Kier alpha value is -2.52. The van der Waals surface area contributed by atoms with Gasteiger partial charge < -0.3 is 10.2 Å². The second-order valence-corrected chi connectivity index (χ2v) is 9.68. The van der Waals surface area contributed by atoms with Crippen molar-refractivity contribution in [3.63, 3.8) is 0 Å². The molecule has 31 heavy (non-hydrogen) atoms. The molecule has 2 fully saturated rings. The summed E-state index contributed by atoms with van der Waals surface area (Å²) >= 11 is 6.37. The van der Waals surface area contributed by atoms with Gasteiger partial charge in [0.1, 0.15) is 9.97 Å². The third kappa shape index (κ3) is 4.43.